The molecule has 3 N–H and O–H groups in total. The molecule has 6 rings (SSSR count). The van der Waals surface area contributed by atoms with Crippen molar-refractivity contribution in [3.05, 3.63) is 67.3 Å². The molecule has 2 heterocycles. The first-order chi connectivity index (χ1) is 26.9. The number of carbonyl (C=O) groups excluding carboxylic acids is 5. The summed E-state index contributed by atoms with van der Waals surface area (Å²) in [6, 6.07) is 14.1. The Morgan fingerprint density at radius 3 is 2.39 bits per heavy atom. The lowest BCUT2D eigenvalue weighted by Crippen LogP contribution is -2.60. The minimum atomic E-state index is -3.94. The number of pyridine rings is 1. The molecule has 1 aromatic heterocycles. The van der Waals surface area contributed by atoms with Crippen LogP contribution in [-0.4, -0.2) is 97.5 Å². The van der Waals surface area contributed by atoms with Crippen molar-refractivity contribution in [2.75, 3.05) is 20.4 Å². The van der Waals surface area contributed by atoms with Crippen LogP contribution >= 0.6 is 0 Å². The summed E-state index contributed by atoms with van der Waals surface area (Å²) in [5.74, 6) is -2.50. The first kappa shape index (κ1) is 40.9. The maximum absolute atomic E-state index is 14.6. The number of nitrogens with zero attached hydrogens (tertiary/aromatic N) is 2. The summed E-state index contributed by atoms with van der Waals surface area (Å²) >= 11 is 0. The zero-order valence-corrected chi connectivity index (χ0v) is 33.2. The van der Waals surface area contributed by atoms with Crippen molar-refractivity contribution >= 4 is 50.7 Å². The third-order valence-corrected chi connectivity index (χ3v) is 12.1. The maximum Gasteiger partial charge on any atom is 0.410 e. The Kier molecular flexibility index (Phi) is 11.5. The van der Waals surface area contributed by atoms with Gasteiger partial charge in [0.2, 0.25) is 28.6 Å². The molecule has 57 heavy (non-hydrogen) atoms. The van der Waals surface area contributed by atoms with E-state index in [-0.39, 0.29) is 19.4 Å². The van der Waals surface area contributed by atoms with E-state index in [2.05, 4.69) is 21.9 Å². The number of carbonyl (C=O) groups is 5. The fourth-order valence-electron chi connectivity index (χ4n) is 6.87. The van der Waals surface area contributed by atoms with E-state index < -0.39 is 86.9 Å². The van der Waals surface area contributed by atoms with Crippen molar-refractivity contribution in [1.29, 1.82) is 0 Å². The van der Waals surface area contributed by atoms with E-state index in [1.807, 2.05) is 30.3 Å². The number of methoxy groups -OCH3 is 1. The number of nitrogens with one attached hydrogen (secondary N) is 3. The molecule has 16 nitrogen and oxygen atoms in total. The fourth-order valence-corrected chi connectivity index (χ4v) is 8.24. The van der Waals surface area contributed by atoms with Gasteiger partial charge in [-0.3, -0.25) is 23.9 Å². The second-order valence-electron chi connectivity index (χ2n) is 15.5. The summed E-state index contributed by atoms with van der Waals surface area (Å²) in [4.78, 5) is 72.7. The van der Waals surface area contributed by atoms with Crippen molar-refractivity contribution in [3.63, 3.8) is 0 Å². The van der Waals surface area contributed by atoms with Crippen LogP contribution in [0, 0.1) is 11.3 Å². The minimum Gasteiger partial charge on any atom is -0.497 e. The van der Waals surface area contributed by atoms with Gasteiger partial charge in [-0.05, 0) is 36.8 Å². The number of alkyl carbamates (subject to hydrolysis) is 1. The molecule has 2 aliphatic carbocycles. The molecule has 5 atom stereocenters. The number of amides is 4. The van der Waals surface area contributed by atoms with Gasteiger partial charge in [0.15, 0.2) is 0 Å². The van der Waals surface area contributed by atoms with Gasteiger partial charge in [-0.2, -0.15) is 0 Å². The van der Waals surface area contributed by atoms with E-state index >= 15 is 0 Å². The standard InChI is InChI=1S/C40H47N5O11S/c1-7-25-20-40(25,37(49)44-57(51,52)28-14-15-28)43-35(47)32-18-27(21-45(32)36(48)34(39(3,4)5)42-38(50)55-22-54-23(2)46)56-33-19-30(24-11-9-8-10-12-24)41-31-17-26(53-6)13-16-29(31)33/h7-13,16-17,19,25,27-28,32,34H,1,14-15,18,20-22H2,2-6H3,(H,42,50)(H,43,47)(H,44,49)/t25-,27-,32+,34-,40-/m1/s1. The number of fused-ring (bicyclic) bond motifs is 1. The molecule has 0 bridgehead atoms. The molecular formula is C40H47N5O11S. The number of benzene rings is 2. The van der Waals surface area contributed by atoms with E-state index in [0.717, 1.165) is 12.5 Å². The predicted molar refractivity (Wildman–Crippen MR) is 207 cm³/mol. The maximum atomic E-state index is 14.6. The fraction of sp³-hybridized carbons (Fsp3) is 0.450. The lowest BCUT2D eigenvalue weighted by Gasteiger charge is -2.35. The van der Waals surface area contributed by atoms with E-state index in [1.165, 1.54) is 11.0 Å². The van der Waals surface area contributed by atoms with Crippen LogP contribution in [0.3, 0.4) is 0 Å². The third-order valence-electron chi connectivity index (χ3n) is 10.3. The molecule has 2 saturated carbocycles. The van der Waals surface area contributed by atoms with Gasteiger partial charge < -0.3 is 34.5 Å². The third kappa shape index (κ3) is 9.14. The molecule has 0 unspecified atom stereocenters. The monoisotopic (exact) mass is 805 g/mol. The Morgan fingerprint density at radius 2 is 1.77 bits per heavy atom. The molecule has 17 heteroatoms. The van der Waals surface area contributed by atoms with Crippen LogP contribution in [0.15, 0.2) is 67.3 Å². The highest BCUT2D eigenvalue weighted by atomic mass is 32.2. The van der Waals surface area contributed by atoms with Gasteiger partial charge in [0.1, 0.15) is 35.2 Å². The largest absolute Gasteiger partial charge is 0.497 e. The number of sulfonamides is 1. The highest BCUT2D eigenvalue weighted by Crippen LogP contribution is 2.46. The summed E-state index contributed by atoms with van der Waals surface area (Å²) in [6.07, 6.45) is 0.576. The summed E-state index contributed by atoms with van der Waals surface area (Å²) in [5.41, 5.74) is -0.532. The zero-order chi connectivity index (χ0) is 41.3. The number of hydrogen-bond acceptors (Lipinski definition) is 12. The van der Waals surface area contributed by atoms with E-state index in [9.17, 15) is 32.4 Å². The molecular weight excluding hydrogens is 759 g/mol. The molecule has 2 aromatic carbocycles. The quantitative estimate of drug-likeness (QED) is 0.121. The van der Waals surface area contributed by atoms with Gasteiger partial charge in [0.05, 0.1) is 30.1 Å². The Balaban J connectivity index is 1.33. The van der Waals surface area contributed by atoms with Crippen LogP contribution < -0.4 is 24.8 Å². The van der Waals surface area contributed by atoms with Gasteiger partial charge in [0, 0.05) is 42.3 Å². The molecule has 3 fully saturated rings. The number of rotatable bonds is 14. The summed E-state index contributed by atoms with van der Waals surface area (Å²) in [7, 11) is -2.39. The second kappa shape index (κ2) is 16.0. The van der Waals surface area contributed by atoms with Gasteiger partial charge in [-0.1, -0.05) is 57.2 Å². The molecule has 0 spiro atoms. The normalized spacial score (nSPS) is 22.1. The second-order valence-corrected chi connectivity index (χ2v) is 17.5. The van der Waals surface area contributed by atoms with Crippen LogP contribution in [0.5, 0.6) is 11.5 Å². The van der Waals surface area contributed by atoms with Crippen molar-refractivity contribution in [2.45, 2.75) is 82.4 Å². The van der Waals surface area contributed by atoms with Crippen molar-refractivity contribution < 1.29 is 51.3 Å². The number of esters is 1. The first-order valence-corrected chi connectivity index (χ1v) is 20.1. The number of ether oxygens (including phenoxy) is 4. The van der Waals surface area contributed by atoms with Crippen LogP contribution in [0.1, 0.15) is 53.4 Å². The predicted octanol–water partition coefficient (Wildman–Crippen LogP) is 3.59. The Labute approximate surface area is 330 Å². The molecule has 4 amide bonds. The van der Waals surface area contributed by atoms with Gasteiger partial charge in [-0.15, -0.1) is 6.58 Å². The summed E-state index contributed by atoms with van der Waals surface area (Å²) < 4.78 is 49.4. The zero-order valence-electron chi connectivity index (χ0n) is 32.4. The van der Waals surface area contributed by atoms with Crippen LogP contribution in [0.2, 0.25) is 0 Å². The highest BCUT2D eigenvalue weighted by molar-refractivity contribution is 7.91. The summed E-state index contributed by atoms with van der Waals surface area (Å²) in [6.45, 7) is 9.24. The van der Waals surface area contributed by atoms with Crippen LogP contribution in [0.4, 0.5) is 4.79 Å². The first-order valence-electron chi connectivity index (χ1n) is 18.5. The van der Waals surface area contributed by atoms with Gasteiger partial charge in [-0.25, -0.2) is 18.2 Å². The Bertz CT molecular complexity index is 2190. The van der Waals surface area contributed by atoms with Crippen molar-refractivity contribution in [1.82, 2.24) is 25.2 Å². The van der Waals surface area contributed by atoms with Gasteiger partial charge >= 0.3 is 12.1 Å². The molecule has 1 aliphatic heterocycles. The summed E-state index contributed by atoms with van der Waals surface area (Å²) in [5, 5.41) is 5.29. The number of aromatic nitrogens is 1. The molecule has 304 valence electrons. The van der Waals surface area contributed by atoms with Crippen LogP contribution in [0.25, 0.3) is 22.2 Å². The topological polar surface area (TPSA) is 209 Å². The van der Waals surface area contributed by atoms with Crippen molar-refractivity contribution in [3.8, 4) is 22.8 Å². The van der Waals surface area contributed by atoms with E-state index in [0.29, 0.717) is 40.9 Å². The molecule has 1 saturated heterocycles. The minimum absolute atomic E-state index is 0.0389. The average molecular weight is 806 g/mol. The lowest BCUT2D eigenvalue weighted by molar-refractivity contribution is -0.149. The highest BCUT2D eigenvalue weighted by Gasteiger charge is 2.62. The van der Waals surface area contributed by atoms with Gasteiger partial charge in [0.25, 0.3) is 5.91 Å². The van der Waals surface area contributed by atoms with Crippen LogP contribution in [-0.2, 0) is 38.7 Å². The number of hydrogen-bond donors (Lipinski definition) is 3. The molecule has 3 aromatic rings. The SMILES string of the molecule is C=C[C@@H]1C[C@]1(NC(=O)[C@@H]1C[C@@H](Oc2cc(-c3ccccc3)nc3cc(OC)ccc23)CN1C(=O)[C@@H](NC(=O)OCOC(C)=O)C(C)(C)C)C(=O)NS(=O)(=O)C1CC1. The van der Waals surface area contributed by atoms with Crippen molar-refractivity contribution in [2.24, 2.45) is 11.3 Å². The number of likely N-dealkylation sites (tertiary alicyclic amines) is 1. The lowest BCUT2D eigenvalue weighted by atomic mass is 9.85. The Hall–Kier alpha value is -5.71. The van der Waals surface area contributed by atoms with E-state index in [1.54, 1.807) is 52.1 Å². The molecule has 3 aliphatic rings. The Morgan fingerprint density at radius 1 is 1.05 bits per heavy atom. The molecule has 0 radical (unpaired) electrons. The van der Waals surface area contributed by atoms with E-state index in [4.69, 9.17) is 23.9 Å². The average Bonchev–Trinajstić information content (AvgIpc) is 4.09. The smallest absolute Gasteiger partial charge is 0.410 e.